The third-order valence-corrected chi connectivity index (χ3v) is 5.92. The van der Waals surface area contributed by atoms with Gasteiger partial charge in [0.25, 0.3) is 5.89 Å². The van der Waals surface area contributed by atoms with Crippen molar-refractivity contribution >= 4 is 21.4 Å². The van der Waals surface area contributed by atoms with Crippen molar-refractivity contribution in [3.63, 3.8) is 0 Å². The molecule has 9 heteroatoms. The largest absolute Gasteiger partial charge is 0.333 e. The van der Waals surface area contributed by atoms with Gasteiger partial charge in [-0.2, -0.15) is 4.98 Å². The normalized spacial score (nSPS) is 13.8. The zero-order valence-corrected chi connectivity index (χ0v) is 14.0. The van der Waals surface area contributed by atoms with Gasteiger partial charge in [0.15, 0.2) is 5.82 Å². The summed E-state index contributed by atoms with van der Waals surface area (Å²) in [5, 5.41) is 8.69. The Morgan fingerprint density at radius 1 is 1.48 bits per heavy atom. The molecule has 2 heterocycles. The lowest BCUT2D eigenvalue weighted by atomic mass is 10.2. The third-order valence-electron chi connectivity index (χ3n) is 3.03. The number of thiophene rings is 1. The molecule has 2 aromatic heterocycles. The van der Waals surface area contributed by atoms with Gasteiger partial charge in [-0.25, -0.2) is 12.7 Å². The lowest BCUT2D eigenvalue weighted by Gasteiger charge is -2.10. The number of likely N-dealkylation sites (N-methyl/N-ethyl adjacent to an activating group) is 1. The standard InChI is InChI=1S/C12H18N4O3S2/c1-8(13-2)7-10-14-12(19-15-10)11-9(5-6-20-11)21(17,18)16(3)4/h5-6,8,13H,7H2,1-4H3. The minimum Gasteiger partial charge on any atom is -0.333 e. The molecule has 1 N–H and O–H groups in total. The van der Waals surface area contributed by atoms with Crippen LogP contribution >= 0.6 is 11.3 Å². The SMILES string of the molecule is CNC(C)Cc1noc(-c2sccc2S(=O)(=O)N(C)C)n1. The van der Waals surface area contributed by atoms with Crippen LogP contribution in [0, 0.1) is 0 Å². The van der Waals surface area contributed by atoms with Gasteiger partial charge in [0, 0.05) is 26.6 Å². The Hall–Kier alpha value is -1.29. The van der Waals surface area contributed by atoms with E-state index in [4.69, 9.17) is 4.52 Å². The van der Waals surface area contributed by atoms with Gasteiger partial charge in [-0.1, -0.05) is 5.16 Å². The summed E-state index contributed by atoms with van der Waals surface area (Å²) in [5.74, 6) is 0.789. The molecule has 0 aliphatic carbocycles. The maximum atomic E-state index is 12.3. The molecule has 0 bridgehead atoms. The first kappa shape index (κ1) is 16.1. The highest BCUT2D eigenvalue weighted by atomic mass is 32.2. The first-order valence-corrected chi connectivity index (χ1v) is 8.68. The third kappa shape index (κ3) is 3.31. The van der Waals surface area contributed by atoms with E-state index in [-0.39, 0.29) is 16.8 Å². The van der Waals surface area contributed by atoms with E-state index in [9.17, 15) is 8.42 Å². The molecular formula is C12H18N4O3S2. The monoisotopic (exact) mass is 330 g/mol. The lowest BCUT2D eigenvalue weighted by Crippen LogP contribution is -2.24. The molecule has 0 amide bonds. The van der Waals surface area contributed by atoms with Crippen LogP contribution in [0.25, 0.3) is 10.8 Å². The average Bonchev–Trinajstić information content (AvgIpc) is 3.06. The Bertz CT molecular complexity index is 706. The van der Waals surface area contributed by atoms with Gasteiger partial charge in [-0.15, -0.1) is 11.3 Å². The molecule has 0 radical (unpaired) electrons. The van der Waals surface area contributed by atoms with Crippen LogP contribution in [0.15, 0.2) is 20.9 Å². The van der Waals surface area contributed by atoms with Crippen LogP contribution in [0.5, 0.6) is 0 Å². The first-order valence-electron chi connectivity index (χ1n) is 6.36. The zero-order chi connectivity index (χ0) is 15.6. The minimum absolute atomic E-state index is 0.189. The molecule has 0 fully saturated rings. The van der Waals surface area contributed by atoms with Gasteiger partial charge in [0.05, 0.1) is 0 Å². The fourth-order valence-electron chi connectivity index (χ4n) is 1.66. The smallest absolute Gasteiger partial charge is 0.269 e. The molecule has 1 atom stereocenters. The van der Waals surface area contributed by atoms with E-state index >= 15 is 0 Å². The number of nitrogens with zero attached hydrogens (tertiary/aromatic N) is 3. The summed E-state index contributed by atoms with van der Waals surface area (Å²) in [6.07, 6.45) is 0.612. The Morgan fingerprint density at radius 2 is 2.19 bits per heavy atom. The highest BCUT2D eigenvalue weighted by molar-refractivity contribution is 7.89. The number of hydrogen-bond donors (Lipinski definition) is 1. The van der Waals surface area contributed by atoms with E-state index in [1.165, 1.54) is 29.7 Å². The Labute approximate surface area is 128 Å². The first-order chi connectivity index (χ1) is 9.86. The Kier molecular flexibility index (Phi) is 4.77. The van der Waals surface area contributed by atoms with Crippen molar-refractivity contribution in [1.82, 2.24) is 19.8 Å². The lowest BCUT2D eigenvalue weighted by molar-refractivity contribution is 0.418. The van der Waals surface area contributed by atoms with Crippen LogP contribution in [-0.4, -0.2) is 50.0 Å². The van der Waals surface area contributed by atoms with Crippen molar-refractivity contribution in [2.75, 3.05) is 21.1 Å². The van der Waals surface area contributed by atoms with Gasteiger partial charge in [-0.3, -0.25) is 0 Å². The van der Waals surface area contributed by atoms with Crippen molar-refractivity contribution in [2.24, 2.45) is 0 Å². The fourth-order valence-corrected chi connectivity index (χ4v) is 3.87. The summed E-state index contributed by atoms with van der Waals surface area (Å²) in [6, 6.07) is 1.76. The summed E-state index contributed by atoms with van der Waals surface area (Å²) in [6.45, 7) is 2.00. The van der Waals surface area contributed by atoms with E-state index in [0.29, 0.717) is 17.1 Å². The highest BCUT2D eigenvalue weighted by Gasteiger charge is 2.26. The Balaban J connectivity index is 2.35. The topological polar surface area (TPSA) is 88.3 Å². The summed E-state index contributed by atoms with van der Waals surface area (Å²) >= 11 is 1.27. The molecular weight excluding hydrogens is 312 g/mol. The van der Waals surface area contributed by atoms with Gasteiger partial charge in [0.1, 0.15) is 9.77 Å². The molecule has 0 aromatic carbocycles. The maximum absolute atomic E-state index is 12.3. The van der Waals surface area contributed by atoms with Crippen LogP contribution in [-0.2, 0) is 16.4 Å². The second-order valence-electron chi connectivity index (χ2n) is 4.81. The fraction of sp³-hybridized carbons (Fsp3) is 0.500. The van der Waals surface area contributed by atoms with E-state index < -0.39 is 10.0 Å². The average molecular weight is 330 g/mol. The number of nitrogens with one attached hydrogen (secondary N) is 1. The summed E-state index contributed by atoms with van der Waals surface area (Å²) in [7, 11) is 1.31. The molecule has 0 saturated heterocycles. The number of sulfonamides is 1. The molecule has 21 heavy (non-hydrogen) atoms. The van der Waals surface area contributed by atoms with Crippen molar-refractivity contribution in [2.45, 2.75) is 24.3 Å². The molecule has 2 aromatic rings. The number of rotatable bonds is 6. The summed E-state index contributed by atoms with van der Waals surface area (Å²) < 4.78 is 30.9. The molecule has 7 nitrogen and oxygen atoms in total. The van der Waals surface area contributed by atoms with E-state index in [2.05, 4.69) is 15.5 Å². The molecule has 0 aliphatic rings. The second-order valence-corrected chi connectivity index (χ2v) is 7.85. The van der Waals surface area contributed by atoms with Gasteiger partial charge in [0.2, 0.25) is 10.0 Å². The molecule has 2 rings (SSSR count). The molecule has 0 saturated carbocycles. The molecule has 116 valence electrons. The van der Waals surface area contributed by atoms with Gasteiger partial charge in [-0.05, 0) is 25.4 Å². The second kappa shape index (κ2) is 6.22. The van der Waals surface area contributed by atoms with Crippen molar-refractivity contribution in [3.8, 4) is 10.8 Å². The van der Waals surface area contributed by atoms with Crippen LogP contribution < -0.4 is 5.32 Å². The van der Waals surface area contributed by atoms with Crippen molar-refractivity contribution in [1.29, 1.82) is 0 Å². The number of hydrogen-bond acceptors (Lipinski definition) is 7. The molecule has 0 aliphatic heterocycles. The predicted molar refractivity (Wildman–Crippen MR) is 80.7 cm³/mol. The van der Waals surface area contributed by atoms with Crippen LogP contribution in [0.4, 0.5) is 0 Å². The molecule has 0 spiro atoms. The summed E-state index contributed by atoms with van der Waals surface area (Å²) in [4.78, 5) is 4.94. The Morgan fingerprint density at radius 3 is 2.81 bits per heavy atom. The van der Waals surface area contributed by atoms with E-state index in [1.54, 1.807) is 11.4 Å². The van der Waals surface area contributed by atoms with E-state index in [1.807, 2.05) is 14.0 Å². The minimum atomic E-state index is -3.53. The van der Waals surface area contributed by atoms with Crippen molar-refractivity contribution < 1.29 is 12.9 Å². The van der Waals surface area contributed by atoms with Gasteiger partial charge < -0.3 is 9.84 Å². The quantitative estimate of drug-likeness (QED) is 0.856. The van der Waals surface area contributed by atoms with Crippen LogP contribution in [0.1, 0.15) is 12.7 Å². The van der Waals surface area contributed by atoms with E-state index in [0.717, 1.165) is 0 Å². The highest BCUT2D eigenvalue weighted by Crippen LogP contribution is 2.32. The number of aromatic nitrogens is 2. The molecule has 1 unspecified atom stereocenters. The van der Waals surface area contributed by atoms with Gasteiger partial charge >= 0.3 is 0 Å². The summed E-state index contributed by atoms with van der Waals surface area (Å²) in [5.41, 5.74) is 0. The zero-order valence-electron chi connectivity index (χ0n) is 12.3. The van der Waals surface area contributed by atoms with Crippen molar-refractivity contribution in [3.05, 3.63) is 17.3 Å². The maximum Gasteiger partial charge on any atom is 0.269 e. The van der Waals surface area contributed by atoms with Crippen LogP contribution in [0.2, 0.25) is 0 Å². The predicted octanol–water partition coefficient (Wildman–Crippen LogP) is 1.20. The van der Waals surface area contributed by atoms with Crippen LogP contribution in [0.3, 0.4) is 0 Å².